The number of aromatic nitrogens is 2. The normalized spacial score (nSPS) is 20.0. The summed E-state index contributed by atoms with van der Waals surface area (Å²) in [6.07, 6.45) is 2.34. The SMILES string of the molecule is CC1(Cc2ccc(I)cc2)C(=O)N(c2cc(Cl)cc(Cl)c2)c2ncc(C(=O)NC3(C(=O)O)CC3)n21. The molecule has 2 heterocycles. The summed E-state index contributed by atoms with van der Waals surface area (Å²) in [5, 5.41) is 12.8. The number of nitrogens with one attached hydrogen (secondary N) is 1. The lowest BCUT2D eigenvalue weighted by atomic mass is 9.91. The van der Waals surface area contributed by atoms with E-state index in [1.807, 2.05) is 24.3 Å². The fourth-order valence-corrected chi connectivity index (χ4v) is 5.30. The van der Waals surface area contributed by atoms with Gasteiger partial charge in [-0.25, -0.2) is 14.7 Å². The van der Waals surface area contributed by atoms with Gasteiger partial charge in [0.05, 0.1) is 11.9 Å². The molecular formula is C24H19Cl2IN4O4. The first kappa shape index (κ1) is 24.1. The number of carbonyl (C=O) groups is 3. The summed E-state index contributed by atoms with van der Waals surface area (Å²) in [5.41, 5.74) is -1.09. The molecule has 35 heavy (non-hydrogen) atoms. The van der Waals surface area contributed by atoms with E-state index in [0.717, 1.165) is 9.13 Å². The largest absolute Gasteiger partial charge is 0.480 e. The van der Waals surface area contributed by atoms with E-state index in [1.54, 1.807) is 29.7 Å². The first-order chi connectivity index (χ1) is 16.5. The fourth-order valence-electron chi connectivity index (χ4n) is 4.43. The van der Waals surface area contributed by atoms with Gasteiger partial charge in [-0.05, 0) is 78.3 Å². The minimum atomic E-state index is -1.28. The van der Waals surface area contributed by atoms with Crippen LogP contribution in [0, 0.1) is 3.57 Å². The molecule has 1 aliphatic heterocycles. The van der Waals surface area contributed by atoms with E-state index in [9.17, 15) is 19.5 Å². The fraction of sp³-hybridized carbons (Fsp3) is 0.250. The maximum atomic E-state index is 14.0. The first-order valence-electron chi connectivity index (χ1n) is 10.7. The van der Waals surface area contributed by atoms with Gasteiger partial charge < -0.3 is 10.4 Å². The predicted octanol–water partition coefficient (Wildman–Crippen LogP) is 4.78. The summed E-state index contributed by atoms with van der Waals surface area (Å²) in [4.78, 5) is 44.7. The van der Waals surface area contributed by atoms with Crippen molar-refractivity contribution in [2.24, 2.45) is 0 Å². The first-order valence-corrected chi connectivity index (χ1v) is 12.6. The van der Waals surface area contributed by atoms with Crippen molar-refractivity contribution in [3.63, 3.8) is 0 Å². The van der Waals surface area contributed by atoms with Crippen LogP contribution in [0.1, 0.15) is 35.8 Å². The van der Waals surface area contributed by atoms with Gasteiger partial charge >= 0.3 is 5.97 Å². The van der Waals surface area contributed by atoms with E-state index in [1.165, 1.54) is 11.1 Å². The second-order valence-corrected chi connectivity index (χ2v) is 11.1. The maximum absolute atomic E-state index is 14.0. The molecular weight excluding hydrogens is 606 g/mol. The smallest absolute Gasteiger partial charge is 0.329 e. The van der Waals surface area contributed by atoms with Crippen LogP contribution in [0.15, 0.2) is 48.7 Å². The number of carboxylic acid groups (broad SMARTS) is 1. The van der Waals surface area contributed by atoms with Gasteiger partial charge in [0.15, 0.2) is 0 Å². The molecule has 2 aliphatic rings. The van der Waals surface area contributed by atoms with Crippen LogP contribution >= 0.6 is 45.8 Å². The average Bonchev–Trinajstić information content (AvgIpc) is 3.38. The van der Waals surface area contributed by atoms with Crippen LogP contribution in [0.5, 0.6) is 0 Å². The zero-order chi connectivity index (χ0) is 25.1. The van der Waals surface area contributed by atoms with Gasteiger partial charge in [-0.15, -0.1) is 0 Å². The highest BCUT2D eigenvalue weighted by atomic mass is 127. The van der Waals surface area contributed by atoms with Crippen LogP contribution < -0.4 is 10.2 Å². The Morgan fingerprint density at radius 2 is 1.77 bits per heavy atom. The van der Waals surface area contributed by atoms with Gasteiger partial charge in [0.1, 0.15) is 16.8 Å². The Morgan fingerprint density at radius 1 is 1.14 bits per heavy atom. The number of anilines is 2. The molecule has 5 rings (SSSR count). The van der Waals surface area contributed by atoms with Gasteiger partial charge in [0.25, 0.3) is 11.8 Å². The van der Waals surface area contributed by atoms with Gasteiger partial charge in [-0.1, -0.05) is 35.3 Å². The van der Waals surface area contributed by atoms with Crippen LogP contribution in [0.3, 0.4) is 0 Å². The zero-order valence-electron chi connectivity index (χ0n) is 18.4. The lowest BCUT2D eigenvalue weighted by Crippen LogP contribution is -2.46. The van der Waals surface area contributed by atoms with Crippen molar-refractivity contribution in [2.75, 3.05) is 4.90 Å². The summed E-state index contributed by atoms with van der Waals surface area (Å²) in [6.45, 7) is 1.74. The third-order valence-electron chi connectivity index (χ3n) is 6.41. The molecule has 1 saturated carbocycles. The maximum Gasteiger partial charge on any atom is 0.329 e. The van der Waals surface area contributed by atoms with Crippen molar-refractivity contribution in [3.8, 4) is 0 Å². The number of carboxylic acids is 1. The van der Waals surface area contributed by atoms with E-state index in [0.29, 0.717) is 28.6 Å². The Labute approximate surface area is 224 Å². The van der Waals surface area contributed by atoms with E-state index in [4.69, 9.17) is 23.2 Å². The van der Waals surface area contributed by atoms with Crippen molar-refractivity contribution in [2.45, 2.75) is 37.3 Å². The number of imidazole rings is 1. The number of rotatable bonds is 6. The molecule has 0 spiro atoms. The second-order valence-electron chi connectivity index (χ2n) is 8.97. The Balaban J connectivity index is 1.62. The van der Waals surface area contributed by atoms with Gasteiger partial charge in [0, 0.05) is 20.0 Å². The molecule has 0 radical (unpaired) electrons. The highest BCUT2D eigenvalue weighted by Crippen LogP contribution is 2.44. The average molecular weight is 625 g/mol. The number of halogens is 3. The van der Waals surface area contributed by atoms with Crippen molar-refractivity contribution in [1.82, 2.24) is 14.9 Å². The standard InChI is InChI=1S/C24H19Cl2IN4O4/c1-23(11-13-2-4-16(27)5-3-13)20(33)30(17-9-14(25)8-15(26)10-17)22-28-12-18(31(22)23)19(32)29-24(6-7-24)21(34)35/h2-5,8-10,12H,6-7,11H2,1H3,(H,29,32)(H,34,35). The zero-order valence-corrected chi connectivity index (χ0v) is 22.1. The molecule has 0 bridgehead atoms. The molecule has 1 unspecified atom stereocenters. The van der Waals surface area contributed by atoms with E-state index in [2.05, 4.69) is 32.9 Å². The third-order valence-corrected chi connectivity index (χ3v) is 7.57. The van der Waals surface area contributed by atoms with Gasteiger partial charge in [0.2, 0.25) is 5.95 Å². The number of hydrogen-bond acceptors (Lipinski definition) is 4. The quantitative estimate of drug-likeness (QED) is 0.384. The lowest BCUT2D eigenvalue weighted by Gasteiger charge is -2.27. The molecule has 11 heteroatoms. The highest BCUT2D eigenvalue weighted by Gasteiger charge is 2.54. The third kappa shape index (κ3) is 4.09. The van der Waals surface area contributed by atoms with Crippen molar-refractivity contribution in [3.05, 3.63) is 73.5 Å². The summed E-state index contributed by atoms with van der Waals surface area (Å²) >= 11 is 14.6. The van der Waals surface area contributed by atoms with Crippen LogP contribution in [-0.2, 0) is 21.5 Å². The molecule has 2 N–H and O–H groups in total. The van der Waals surface area contributed by atoms with E-state index >= 15 is 0 Å². The number of hydrogen-bond donors (Lipinski definition) is 2. The number of fused-ring (bicyclic) bond motifs is 1. The van der Waals surface area contributed by atoms with Gasteiger partial charge in [-0.2, -0.15) is 0 Å². The molecule has 1 aliphatic carbocycles. The number of benzene rings is 2. The Morgan fingerprint density at radius 3 is 2.34 bits per heavy atom. The monoisotopic (exact) mass is 624 g/mol. The summed E-state index contributed by atoms with van der Waals surface area (Å²) in [7, 11) is 0. The molecule has 1 aromatic heterocycles. The minimum absolute atomic E-state index is 0.101. The summed E-state index contributed by atoms with van der Waals surface area (Å²) in [5.74, 6) is -1.77. The molecule has 0 saturated heterocycles. The van der Waals surface area contributed by atoms with Crippen LogP contribution in [0.4, 0.5) is 11.6 Å². The Bertz CT molecular complexity index is 1370. The van der Waals surface area contributed by atoms with Gasteiger partial charge in [-0.3, -0.25) is 14.2 Å². The van der Waals surface area contributed by atoms with E-state index < -0.39 is 23.0 Å². The molecule has 2 aromatic carbocycles. The Hall–Kier alpha value is -2.63. The predicted molar refractivity (Wildman–Crippen MR) is 139 cm³/mol. The number of amides is 2. The topological polar surface area (TPSA) is 105 Å². The molecule has 1 fully saturated rings. The van der Waals surface area contributed by atoms with Crippen molar-refractivity contribution < 1.29 is 19.5 Å². The summed E-state index contributed by atoms with van der Waals surface area (Å²) in [6, 6.07) is 12.5. The number of aliphatic carboxylic acids is 1. The van der Waals surface area contributed by atoms with Crippen molar-refractivity contribution in [1.29, 1.82) is 0 Å². The second kappa shape index (κ2) is 8.49. The summed E-state index contributed by atoms with van der Waals surface area (Å²) < 4.78 is 2.63. The molecule has 180 valence electrons. The molecule has 8 nitrogen and oxygen atoms in total. The lowest BCUT2D eigenvalue weighted by molar-refractivity contribution is -0.140. The van der Waals surface area contributed by atoms with Crippen LogP contribution in [0.2, 0.25) is 10.0 Å². The van der Waals surface area contributed by atoms with Crippen LogP contribution in [0.25, 0.3) is 0 Å². The Kier molecular flexibility index (Phi) is 5.84. The number of carbonyl (C=O) groups excluding carboxylic acids is 2. The highest BCUT2D eigenvalue weighted by molar-refractivity contribution is 14.1. The molecule has 1 atom stereocenters. The minimum Gasteiger partial charge on any atom is -0.480 e. The molecule has 3 aromatic rings. The van der Waals surface area contributed by atoms with E-state index in [-0.39, 0.29) is 24.0 Å². The van der Waals surface area contributed by atoms with Crippen LogP contribution in [-0.4, -0.2) is 38.0 Å². The molecule has 2 amide bonds. The van der Waals surface area contributed by atoms with Crippen molar-refractivity contribution >= 4 is 75.2 Å². The number of nitrogens with zero attached hydrogens (tertiary/aromatic N) is 3.